The van der Waals surface area contributed by atoms with Gasteiger partial charge in [0.15, 0.2) is 5.78 Å². The third kappa shape index (κ3) is 3.72. The third-order valence-corrected chi connectivity index (χ3v) is 5.40. The lowest BCUT2D eigenvalue weighted by Gasteiger charge is -2.15. The summed E-state index contributed by atoms with van der Waals surface area (Å²) >= 11 is 0. The van der Waals surface area contributed by atoms with Crippen LogP contribution in [-0.2, 0) is 19.6 Å². The molecule has 1 saturated heterocycles. The Morgan fingerprint density at radius 1 is 1.14 bits per heavy atom. The monoisotopic (exact) mass is 325 g/mol. The molecule has 0 radical (unpaired) electrons. The molecule has 0 saturated carbocycles. The molecule has 120 valence electrons. The molecule has 7 heteroatoms. The molecule has 2 rings (SSSR count). The molecule has 1 aromatic rings. The first-order valence-electron chi connectivity index (χ1n) is 7.24. The lowest BCUT2D eigenvalue weighted by molar-refractivity contribution is -0.141. The van der Waals surface area contributed by atoms with E-state index < -0.39 is 16.0 Å². The van der Waals surface area contributed by atoms with Gasteiger partial charge in [0, 0.05) is 18.7 Å². The van der Waals surface area contributed by atoms with Crippen LogP contribution in [0.1, 0.15) is 36.5 Å². The van der Waals surface area contributed by atoms with Gasteiger partial charge in [0.1, 0.15) is 6.42 Å². The number of Topliss-reactive ketones (excluding diaryl/α,β-unsaturated/α-hetero) is 1. The molecule has 0 atom stereocenters. The van der Waals surface area contributed by atoms with Crippen LogP contribution in [0.25, 0.3) is 0 Å². The topological polar surface area (TPSA) is 80.8 Å². The lowest BCUT2D eigenvalue weighted by atomic mass is 10.1. The van der Waals surface area contributed by atoms with E-state index in [0.717, 1.165) is 12.8 Å². The molecule has 0 aliphatic carbocycles. The maximum Gasteiger partial charge on any atom is 0.313 e. The van der Waals surface area contributed by atoms with Crippen molar-refractivity contribution in [3.63, 3.8) is 0 Å². The van der Waals surface area contributed by atoms with Gasteiger partial charge in [-0.1, -0.05) is 12.1 Å². The Labute approximate surface area is 130 Å². The fraction of sp³-hybridized carbons (Fsp3) is 0.467. The van der Waals surface area contributed by atoms with Crippen molar-refractivity contribution in [2.75, 3.05) is 19.7 Å². The molecule has 0 aromatic heterocycles. The fourth-order valence-electron chi connectivity index (χ4n) is 2.34. The summed E-state index contributed by atoms with van der Waals surface area (Å²) in [6.45, 7) is 2.96. The Morgan fingerprint density at radius 3 is 2.27 bits per heavy atom. The number of hydrogen-bond acceptors (Lipinski definition) is 5. The van der Waals surface area contributed by atoms with E-state index >= 15 is 0 Å². The van der Waals surface area contributed by atoms with Gasteiger partial charge in [-0.2, -0.15) is 4.31 Å². The molecular weight excluding hydrogens is 306 g/mol. The van der Waals surface area contributed by atoms with E-state index in [0.29, 0.717) is 18.7 Å². The summed E-state index contributed by atoms with van der Waals surface area (Å²) in [5, 5.41) is 0. The summed E-state index contributed by atoms with van der Waals surface area (Å²) in [6, 6.07) is 5.69. The average molecular weight is 325 g/mol. The van der Waals surface area contributed by atoms with Crippen LogP contribution >= 0.6 is 0 Å². The van der Waals surface area contributed by atoms with Crippen LogP contribution in [0.3, 0.4) is 0 Å². The van der Waals surface area contributed by atoms with E-state index in [1.54, 1.807) is 6.92 Å². The summed E-state index contributed by atoms with van der Waals surface area (Å²) in [5.41, 5.74) is 0.299. The number of carbonyl (C=O) groups is 2. The Hall–Kier alpha value is -1.73. The number of ether oxygens (including phenoxy) is 1. The molecule has 22 heavy (non-hydrogen) atoms. The molecule has 6 nitrogen and oxygen atoms in total. The van der Waals surface area contributed by atoms with E-state index in [2.05, 4.69) is 0 Å². The van der Waals surface area contributed by atoms with Crippen molar-refractivity contribution in [3.8, 4) is 0 Å². The van der Waals surface area contributed by atoms with E-state index in [-0.39, 0.29) is 23.7 Å². The van der Waals surface area contributed by atoms with Gasteiger partial charge < -0.3 is 4.74 Å². The number of nitrogens with zero attached hydrogens (tertiary/aromatic N) is 1. The zero-order valence-electron chi connectivity index (χ0n) is 12.4. The molecule has 0 spiro atoms. The predicted octanol–water partition coefficient (Wildman–Crippen LogP) is 1.61. The van der Waals surface area contributed by atoms with Crippen LogP contribution in [0.15, 0.2) is 29.2 Å². The Balaban J connectivity index is 2.10. The second kappa shape index (κ2) is 7.02. The SMILES string of the molecule is CCOC(=O)CC(=O)c1ccc(S(=O)(=O)N2CCCC2)cc1. The number of esters is 1. The predicted molar refractivity (Wildman–Crippen MR) is 80.0 cm³/mol. The minimum atomic E-state index is -3.48. The minimum Gasteiger partial charge on any atom is -0.466 e. The van der Waals surface area contributed by atoms with Gasteiger partial charge in [-0.05, 0) is 31.9 Å². The van der Waals surface area contributed by atoms with Gasteiger partial charge in [0.25, 0.3) is 0 Å². The van der Waals surface area contributed by atoms with Crippen molar-refractivity contribution in [2.45, 2.75) is 31.1 Å². The number of sulfonamides is 1. The molecule has 0 bridgehead atoms. The highest BCUT2D eigenvalue weighted by Crippen LogP contribution is 2.21. The average Bonchev–Trinajstić information content (AvgIpc) is 3.02. The summed E-state index contributed by atoms with van der Waals surface area (Å²) in [5.74, 6) is -0.968. The van der Waals surface area contributed by atoms with Gasteiger partial charge in [-0.3, -0.25) is 9.59 Å². The first kappa shape index (κ1) is 16.6. The highest BCUT2D eigenvalue weighted by Gasteiger charge is 2.27. The van der Waals surface area contributed by atoms with Crippen molar-refractivity contribution < 1.29 is 22.7 Å². The normalized spacial score (nSPS) is 15.7. The molecule has 0 N–H and O–H groups in total. The fourth-order valence-corrected chi connectivity index (χ4v) is 3.85. The summed E-state index contributed by atoms with van der Waals surface area (Å²) in [7, 11) is -3.48. The molecule has 0 unspecified atom stereocenters. The maximum absolute atomic E-state index is 12.3. The van der Waals surface area contributed by atoms with Gasteiger partial charge in [-0.15, -0.1) is 0 Å². The Morgan fingerprint density at radius 2 is 1.73 bits per heavy atom. The van der Waals surface area contributed by atoms with Gasteiger partial charge >= 0.3 is 5.97 Å². The first-order valence-corrected chi connectivity index (χ1v) is 8.68. The second-order valence-corrected chi connectivity index (χ2v) is 6.98. The first-order chi connectivity index (χ1) is 10.4. The van der Waals surface area contributed by atoms with E-state index in [9.17, 15) is 18.0 Å². The summed E-state index contributed by atoms with van der Waals surface area (Å²) in [4.78, 5) is 23.3. The molecule has 1 aliphatic rings. The van der Waals surface area contributed by atoms with Crippen molar-refractivity contribution in [2.24, 2.45) is 0 Å². The standard InChI is InChI=1S/C15H19NO5S/c1-2-21-15(18)11-14(17)12-5-7-13(8-6-12)22(19,20)16-9-3-4-10-16/h5-8H,2-4,9-11H2,1H3. The van der Waals surface area contributed by atoms with Crippen molar-refractivity contribution in [3.05, 3.63) is 29.8 Å². The van der Waals surface area contributed by atoms with E-state index in [1.807, 2.05) is 0 Å². The Kier molecular flexibility index (Phi) is 5.31. The minimum absolute atomic E-state index is 0.169. The van der Waals surface area contributed by atoms with Crippen LogP contribution in [0.4, 0.5) is 0 Å². The summed E-state index contributed by atoms with van der Waals surface area (Å²) in [6.07, 6.45) is 1.40. The molecular formula is C15H19NO5S. The van der Waals surface area contributed by atoms with E-state index in [1.165, 1.54) is 28.6 Å². The van der Waals surface area contributed by atoms with Crippen LogP contribution in [-0.4, -0.2) is 44.2 Å². The number of rotatable bonds is 6. The third-order valence-electron chi connectivity index (χ3n) is 3.49. The smallest absolute Gasteiger partial charge is 0.313 e. The summed E-state index contributed by atoms with van der Waals surface area (Å²) < 4.78 is 30.9. The molecule has 1 fully saturated rings. The van der Waals surface area contributed by atoms with Crippen LogP contribution in [0, 0.1) is 0 Å². The number of carbonyl (C=O) groups excluding carboxylic acids is 2. The van der Waals surface area contributed by atoms with Crippen molar-refractivity contribution in [1.82, 2.24) is 4.31 Å². The Bertz CT molecular complexity index is 645. The largest absolute Gasteiger partial charge is 0.466 e. The van der Waals surface area contributed by atoms with Crippen LogP contribution < -0.4 is 0 Å². The highest BCUT2D eigenvalue weighted by atomic mass is 32.2. The molecule has 1 aromatic carbocycles. The maximum atomic E-state index is 12.3. The number of hydrogen-bond donors (Lipinski definition) is 0. The number of ketones is 1. The molecule has 1 heterocycles. The second-order valence-electron chi connectivity index (χ2n) is 5.04. The van der Waals surface area contributed by atoms with Gasteiger partial charge in [0.05, 0.1) is 11.5 Å². The van der Waals surface area contributed by atoms with Gasteiger partial charge in [0.2, 0.25) is 10.0 Å². The van der Waals surface area contributed by atoms with Crippen LogP contribution in [0.5, 0.6) is 0 Å². The van der Waals surface area contributed by atoms with E-state index in [4.69, 9.17) is 4.74 Å². The van der Waals surface area contributed by atoms with Crippen LogP contribution in [0.2, 0.25) is 0 Å². The van der Waals surface area contributed by atoms with Crippen molar-refractivity contribution >= 4 is 21.8 Å². The lowest BCUT2D eigenvalue weighted by Crippen LogP contribution is -2.27. The highest BCUT2D eigenvalue weighted by molar-refractivity contribution is 7.89. The quantitative estimate of drug-likeness (QED) is 0.451. The van der Waals surface area contributed by atoms with Gasteiger partial charge in [-0.25, -0.2) is 8.42 Å². The zero-order chi connectivity index (χ0) is 16.2. The van der Waals surface area contributed by atoms with Crippen molar-refractivity contribution in [1.29, 1.82) is 0 Å². The molecule has 1 aliphatic heterocycles. The molecule has 0 amide bonds. The number of benzene rings is 1. The zero-order valence-corrected chi connectivity index (χ0v) is 13.3.